The molecule has 4 aliphatic rings. The highest BCUT2D eigenvalue weighted by Gasteiger charge is 2.47. The first-order valence-electron chi connectivity index (χ1n) is 11.3. The maximum Gasteiger partial charge on any atom is 0.264 e. The van der Waals surface area contributed by atoms with Crippen molar-refractivity contribution in [1.82, 2.24) is 19.8 Å². The summed E-state index contributed by atoms with van der Waals surface area (Å²) in [6.45, 7) is 5.04. The lowest BCUT2D eigenvalue weighted by atomic mass is 9.68. The van der Waals surface area contributed by atoms with E-state index in [2.05, 4.69) is 25.8 Å². The van der Waals surface area contributed by atoms with Gasteiger partial charge in [0.2, 0.25) is 0 Å². The van der Waals surface area contributed by atoms with Crippen molar-refractivity contribution in [1.29, 1.82) is 0 Å². The Balaban J connectivity index is 1.37. The van der Waals surface area contributed by atoms with E-state index < -0.39 is 0 Å². The number of hydrogen-bond acceptors (Lipinski definition) is 5. The second-order valence-corrected chi connectivity index (χ2v) is 10.5. The average Bonchev–Trinajstić information content (AvgIpc) is 3.10. The van der Waals surface area contributed by atoms with Gasteiger partial charge in [-0.15, -0.1) is 11.3 Å². The molecule has 6 rings (SSSR count). The highest BCUT2D eigenvalue weighted by Crippen LogP contribution is 2.45. The number of fused-ring (bicyclic) bond motifs is 7. The van der Waals surface area contributed by atoms with Gasteiger partial charge in [-0.05, 0) is 63.0 Å². The van der Waals surface area contributed by atoms with Crippen molar-refractivity contribution in [3.05, 3.63) is 38.8 Å². The van der Waals surface area contributed by atoms with Crippen LogP contribution < -0.4 is 5.56 Å². The number of likely N-dealkylation sites (tertiary alicyclic amines) is 1. The summed E-state index contributed by atoms with van der Waals surface area (Å²) in [6, 6.07) is 0.943. The Bertz CT molecular complexity index is 1100. The first-order valence-corrected chi connectivity index (χ1v) is 12.2. The van der Waals surface area contributed by atoms with E-state index in [0.717, 1.165) is 37.5 Å². The quantitative estimate of drug-likeness (QED) is 0.713. The predicted octanol–water partition coefficient (Wildman–Crippen LogP) is 3.33. The summed E-state index contributed by atoms with van der Waals surface area (Å²) in [5.74, 6) is 1.29. The number of aromatic amines is 1. The van der Waals surface area contributed by atoms with E-state index in [-0.39, 0.29) is 17.5 Å². The highest BCUT2D eigenvalue weighted by molar-refractivity contribution is 7.20. The smallest absolute Gasteiger partial charge is 0.264 e. The maximum atomic E-state index is 13.8. The van der Waals surface area contributed by atoms with Crippen molar-refractivity contribution in [3.8, 4) is 0 Å². The number of piperidine rings is 3. The molecule has 7 heteroatoms. The van der Waals surface area contributed by atoms with Gasteiger partial charge in [-0.1, -0.05) is 18.1 Å². The van der Waals surface area contributed by atoms with Crippen molar-refractivity contribution in [2.75, 3.05) is 19.6 Å². The first-order chi connectivity index (χ1) is 14.6. The van der Waals surface area contributed by atoms with Gasteiger partial charge in [0, 0.05) is 19.1 Å². The van der Waals surface area contributed by atoms with Crippen LogP contribution in [0.2, 0.25) is 0 Å². The zero-order chi connectivity index (χ0) is 20.4. The van der Waals surface area contributed by atoms with Crippen molar-refractivity contribution < 1.29 is 4.79 Å². The molecule has 0 aromatic carbocycles. The second-order valence-electron chi connectivity index (χ2n) is 9.47. The summed E-state index contributed by atoms with van der Waals surface area (Å²) in [7, 11) is 0. The zero-order valence-corrected chi connectivity index (χ0v) is 18.2. The number of aromatic nitrogens is 2. The van der Waals surface area contributed by atoms with Crippen LogP contribution in [0, 0.1) is 18.8 Å². The number of nitrogens with one attached hydrogen (secondary N) is 1. The van der Waals surface area contributed by atoms with Gasteiger partial charge < -0.3 is 9.88 Å². The molecule has 158 valence electrons. The summed E-state index contributed by atoms with van der Waals surface area (Å²) in [5.41, 5.74) is 2.12. The summed E-state index contributed by atoms with van der Waals surface area (Å²) < 4.78 is 0. The molecule has 30 heavy (non-hydrogen) atoms. The lowest BCUT2D eigenvalue weighted by Crippen LogP contribution is -2.60. The number of aryl methyl sites for hydroxylation is 1. The molecule has 1 N–H and O–H groups in total. The van der Waals surface area contributed by atoms with Crippen molar-refractivity contribution >= 4 is 27.5 Å². The Hall–Kier alpha value is -1.99. The highest BCUT2D eigenvalue weighted by atomic mass is 32.1. The number of hydrogen-bond donors (Lipinski definition) is 1. The molecular formula is C23H28N4O2S. The molecule has 2 aromatic heterocycles. The molecule has 0 spiro atoms. The molecule has 0 unspecified atom stereocenters. The largest absolute Gasteiger partial charge is 0.331 e. The lowest BCUT2D eigenvalue weighted by Gasteiger charge is -2.54. The average molecular weight is 425 g/mol. The van der Waals surface area contributed by atoms with Crippen LogP contribution in [0.1, 0.15) is 53.8 Å². The number of thiophene rings is 1. The molecule has 2 aromatic rings. The van der Waals surface area contributed by atoms with Crippen LogP contribution in [0.3, 0.4) is 0 Å². The van der Waals surface area contributed by atoms with E-state index in [1.165, 1.54) is 55.5 Å². The van der Waals surface area contributed by atoms with E-state index in [0.29, 0.717) is 26.9 Å². The summed E-state index contributed by atoms with van der Waals surface area (Å²) >= 11 is 1.37. The van der Waals surface area contributed by atoms with Crippen LogP contribution in [-0.4, -0.2) is 57.4 Å². The molecular weight excluding hydrogens is 396 g/mol. The summed E-state index contributed by atoms with van der Waals surface area (Å²) in [4.78, 5) is 39.2. The minimum absolute atomic E-state index is 0.0877. The van der Waals surface area contributed by atoms with Crippen LogP contribution in [0.15, 0.2) is 22.8 Å². The molecule has 6 nitrogen and oxygen atoms in total. The van der Waals surface area contributed by atoms with E-state index in [1.54, 1.807) is 0 Å². The molecule has 5 heterocycles. The van der Waals surface area contributed by atoms with Gasteiger partial charge in [-0.3, -0.25) is 14.5 Å². The van der Waals surface area contributed by atoms with E-state index in [4.69, 9.17) is 0 Å². The van der Waals surface area contributed by atoms with Crippen LogP contribution >= 0.6 is 11.3 Å². The van der Waals surface area contributed by atoms with Crippen LogP contribution in [0.25, 0.3) is 10.2 Å². The molecule has 3 saturated heterocycles. The SMILES string of the molecule is Cc1c(C(=O)N2CCCC3=C[C@H]4C[C@H](CN5CCCC[C@@H]45)[C@H]32)sc2nc[nH]c(=O)c12. The molecule has 3 aliphatic heterocycles. The molecule has 0 saturated carbocycles. The lowest BCUT2D eigenvalue weighted by molar-refractivity contribution is 0.00160. The molecule has 3 fully saturated rings. The minimum atomic E-state index is -0.157. The fourth-order valence-electron chi connectivity index (χ4n) is 6.61. The van der Waals surface area contributed by atoms with Crippen molar-refractivity contribution in [2.24, 2.45) is 11.8 Å². The zero-order valence-electron chi connectivity index (χ0n) is 17.4. The van der Waals surface area contributed by atoms with E-state index in [1.807, 2.05) is 6.92 Å². The van der Waals surface area contributed by atoms with E-state index in [9.17, 15) is 9.59 Å². The van der Waals surface area contributed by atoms with Gasteiger partial charge in [0.15, 0.2) is 0 Å². The fourth-order valence-corrected chi connectivity index (χ4v) is 7.72. The third-order valence-corrected chi connectivity index (χ3v) is 9.03. The Labute approximate surface area is 180 Å². The van der Waals surface area contributed by atoms with Crippen LogP contribution in [0.5, 0.6) is 0 Å². The Morgan fingerprint density at radius 3 is 3.03 bits per heavy atom. The van der Waals surface area contributed by atoms with Gasteiger partial charge in [-0.25, -0.2) is 4.98 Å². The summed E-state index contributed by atoms with van der Waals surface area (Å²) in [6.07, 6.45) is 11.3. The normalized spacial score (nSPS) is 31.2. The van der Waals surface area contributed by atoms with E-state index >= 15 is 0 Å². The number of carbonyl (C=O) groups is 1. The Morgan fingerprint density at radius 1 is 1.27 bits per heavy atom. The van der Waals surface area contributed by atoms with Gasteiger partial charge in [0.1, 0.15) is 4.83 Å². The number of amides is 1. The van der Waals surface area contributed by atoms with Crippen LogP contribution in [-0.2, 0) is 0 Å². The third-order valence-electron chi connectivity index (χ3n) is 7.85. The van der Waals surface area contributed by atoms with Gasteiger partial charge >= 0.3 is 0 Å². The number of carbonyl (C=O) groups excluding carboxylic acids is 1. The minimum Gasteiger partial charge on any atom is -0.331 e. The van der Waals surface area contributed by atoms with Crippen molar-refractivity contribution in [3.63, 3.8) is 0 Å². The molecule has 1 aliphatic carbocycles. The van der Waals surface area contributed by atoms with Gasteiger partial charge in [-0.2, -0.15) is 0 Å². The molecule has 0 radical (unpaired) electrons. The van der Waals surface area contributed by atoms with Gasteiger partial charge in [0.25, 0.3) is 11.5 Å². The standard InChI is InChI=1S/C23H28N4O2S/c1-13-18-21(28)24-12-25-22(18)30-20(13)23(29)27-8-4-5-14-9-15-10-16(19(14)27)11-26-7-3-2-6-17(15)26/h9,12,15-17,19H,2-8,10-11H2,1H3,(H,24,25,28)/t15-,16+,17-,19-/m0/s1. The molecule has 4 atom stereocenters. The fraction of sp³-hybridized carbons (Fsp3) is 0.609. The number of rotatable bonds is 1. The van der Waals surface area contributed by atoms with Crippen LogP contribution in [0.4, 0.5) is 0 Å². The predicted molar refractivity (Wildman–Crippen MR) is 118 cm³/mol. The number of H-pyrrole nitrogens is 1. The summed E-state index contributed by atoms with van der Waals surface area (Å²) in [5, 5.41) is 0.566. The molecule has 2 bridgehead atoms. The topological polar surface area (TPSA) is 69.3 Å². The Kier molecular flexibility index (Phi) is 4.39. The maximum absolute atomic E-state index is 13.8. The first kappa shape index (κ1) is 18.8. The monoisotopic (exact) mass is 424 g/mol. The third kappa shape index (κ3) is 2.74. The van der Waals surface area contributed by atoms with Crippen molar-refractivity contribution in [2.45, 2.75) is 57.5 Å². The Morgan fingerprint density at radius 2 is 2.17 bits per heavy atom. The second kappa shape index (κ2) is 7.02. The molecule has 1 amide bonds. The van der Waals surface area contributed by atoms with Gasteiger partial charge in [0.05, 0.1) is 22.6 Å². The number of nitrogens with zero attached hydrogens (tertiary/aromatic N) is 3.